The van der Waals surface area contributed by atoms with Gasteiger partial charge in [-0.3, -0.25) is 9.10 Å². The summed E-state index contributed by atoms with van der Waals surface area (Å²) in [6.45, 7) is 5.42. The Hall–Kier alpha value is -3.10. The SMILES string of the molecule is C=CCOc1cccc(NC(=O)CN(c2cccc(Br)c2)S(=O)(=O)c2ccc(C)cc2)c1. The van der Waals surface area contributed by atoms with Crippen LogP contribution in [0.2, 0.25) is 0 Å². The first kappa shape index (κ1) is 23.6. The summed E-state index contributed by atoms with van der Waals surface area (Å²) in [5, 5.41) is 2.74. The average Bonchev–Trinajstić information content (AvgIpc) is 2.76. The topological polar surface area (TPSA) is 75.7 Å². The monoisotopic (exact) mass is 514 g/mol. The molecule has 3 aromatic carbocycles. The van der Waals surface area contributed by atoms with Crippen molar-refractivity contribution in [1.82, 2.24) is 0 Å². The lowest BCUT2D eigenvalue weighted by Crippen LogP contribution is -2.38. The molecule has 166 valence electrons. The molecule has 1 amide bonds. The van der Waals surface area contributed by atoms with E-state index in [0.717, 1.165) is 9.87 Å². The van der Waals surface area contributed by atoms with Gasteiger partial charge in [-0.25, -0.2) is 8.42 Å². The Morgan fingerprint density at radius 3 is 2.50 bits per heavy atom. The van der Waals surface area contributed by atoms with Crippen molar-refractivity contribution in [2.75, 3.05) is 22.8 Å². The minimum absolute atomic E-state index is 0.107. The van der Waals surface area contributed by atoms with Crippen molar-refractivity contribution in [3.05, 3.63) is 95.5 Å². The fraction of sp³-hybridized carbons (Fsp3) is 0.125. The third-order valence-electron chi connectivity index (χ3n) is 4.48. The normalized spacial score (nSPS) is 10.9. The minimum Gasteiger partial charge on any atom is -0.489 e. The van der Waals surface area contributed by atoms with Gasteiger partial charge in [-0.2, -0.15) is 0 Å². The number of halogens is 1. The van der Waals surface area contributed by atoms with E-state index in [9.17, 15) is 13.2 Å². The number of aryl methyl sites for hydroxylation is 1. The van der Waals surface area contributed by atoms with Crippen molar-refractivity contribution in [2.24, 2.45) is 0 Å². The number of carbonyl (C=O) groups is 1. The van der Waals surface area contributed by atoms with Crippen molar-refractivity contribution in [1.29, 1.82) is 0 Å². The molecule has 0 saturated heterocycles. The zero-order chi connectivity index (χ0) is 23.1. The second kappa shape index (κ2) is 10.5. The number of nitrogens with zero attached hydrogens (tertiary/aromatic N) is 1. The number of benzene rings is 3. The Morgan fingerprint density at radius 2 is 1.81 bits per heavy atom. The number of hydrogen-bond donors (Lipinski definition) is 1. The van der Waals surface area contributed by atoms with E-state index in [1.807, 2.05) is 6.92 Å². The molecule has 0 heterocycles. The van der Waals surface area contributed by atoms with Crippen molar-refractivity contribution in [3.8, 4) is 5.75 Å². The number of anilines is 2. The van der Waals surface area contributed by atoms with E-state index in [1.54, 1.807) is 66.7 Å². The van der Waals surface area contributed by atoms with E-state index in [2.05, 4.69) is 27.8 Å². The molecule has 0 aromatic heterocycles. The van der Waals surface area contributed by atoms with E-state index in [0.29, 0.717) is 28.2 Å². The van der Waals surface area contributed by atoms with E-state index in [1.165, 1.54) is 12.1 Å². The highest BCUT2D eigenvalue weighted by molar-refractivity contribution is 9.10. The maximum Gasteiger partial charge on any atom is 0.264 e. The van der Waals surface area contributed by atoms with E-state index in [4.69, 9.17) is 4.74 Å². The van der Waals surface area contributed by atoms with Crippen LogP contribution in [0.1, 0.15) is 5.56 Å². The largest absolute Gasteiger partial charge is 0.489 e. The van der Waals surface area contributed by atoms with E-state index in [-0.39, 0.29) is 4.90 Å². The predicted octanol–water partition coefficient (Wildman–Crippen LogP) is 5.16. The van der Waals surface area contributed by atoms with Crippen LogP contribution in [0.4, 0.5) is 11.4 Å². The van der Waals surface area contributed by atoms with Gasteiger partial charge in [-0.1, -0.05) is 58.4 Å². The second-order valence-electron chi connectivity index (χ2n) is 6.98. The van der Waals surface area contributed by atoms with Gasteiger partial charge in [0.05, 0.1) is 10.6 Å². The third kappa shape index (κ3) is 5.99. The van der Waals surface area contributed by atoms with Gasteiger partial charge in [0.1, 0.15) is 18.9 Å². The van der Waals surface area contributed by atoms with Gasteiger partial charge in [0.25, 0.3) is 10.0 Å². The summed E-state index contributed by atoms with van der Waals surface area (Å²) in [7, 11) is -3.98. The molecule has 0 aliphatic rings. The van der Waals surface area contributed by atoms with Crippen LogP contribution >= 0.6 is 15.9 Å². The smallest absolute Gasteiger partial charge is 0.264 e. The molecule has 0 atom stereocenters. The van der Waals surface area contributed by atoms with Crippen LogP contribution in [0.15, 0.2) is 94.8 Å². The quantitative estimate of drug-likeness (QED) is 0.400. The van der Waals surface area contributed by atoms with Gasteiger partial charge in [-0.15, -0.1) is 0 Å². The Bertz CT molecular complexity index is 1210. The Morgan fingerprint density at radius 1 is 1.09 bits per heavy atom. The molecule has 1 N–H and O–H groups in total. The number of nitrogens with one attached hydrogen (secondary N) is 1. The van der Waals surface area contributed by atoms with Crippen molar-refractivity contribution < 1.29 is 17.9 Å². The molecular weight excluding hydrogens is 492 g/mol. The molecule has 6 nitrogen and oxygen atoms in total. The molecule has 0 radical (unpaired) electrons. The fourth-order valence-electron chi connectivity index (χ4n) is 2.93. The average molecular weight is 515 g/mol. The van der Waals surface area contributed by atoms with Crippen LogP contribution in [0.25, 0.3) is 0 Å². The molecule has 3 rings (SSSR count). The van der Waals surface area contributed by atoms with Gasteiger partial charge in [-0.05, 0) is 49.4 Å². The predicted molar refractivity (Wildman–Crippen MR) is 131 cm³/mol. The lowest BCUT2D eigenvalue weighted by atomic mass is 10.2. The Labute approximate surface area is 196 Å². The summed E-state index contributed by atoms with van der Waals surface area (Å²) in [5.41, 5.74) is 1.81. The molecule has 0 unspecified atom stereocenters. The zero-order valence-corrected chi connectivity index (χ0v) is 19.9. The van der Waals surface area contributed by atoms with Crippen LogP contribution < -0.4 is 14.4 Å². The first-order chi connectivity index (χ1) is 15.3. The summed E-state index contributed by atoms with van der Waals surface area (Å²) in [4.78, 5) is 13.0. The van der Waals surface area contributed by atoms with Gasteiger partial charge in [0, 0.05) is 16.2 Å². The number of rotatable bonds is 9. The molecule has 0 aliphatic carbocycles. The molecule has 0 saturated carbocycles. The highest BCUT2D eigenvalue weighted by Crippen LogP contribution is 2.27. The Kier molecular flexibility index (Phi) is 7.71. The molecule has 0 aliphatic heterocycles. The van der Waals surface area contributed by atoms with Crippen LogP contribution in [0, 0.1) is 6.92 Å². The van der Waals surface area contributed by atoms with Crippen LogP contribution in [0.3, 0.4) is 0 Å². The number of sulfonamides is 1. The van der Waals surface area contributed by atoms with E-state index >= 15 is 0 Å². The highest BCUT2D eigenvalue weighted by atomic mass is 79.9. The van der Waals surface area contributed by atoms with Crippen molar-refractivity contribution in [2.45, 2.75) is 11.8 Å². The number of hydrogen-bond acceptors (Lipinski definition) is 4. The minimum atomic E-state index is -3.98. The Balaban J connectivity index is 1.88. The molecule has 3 aromatic rings. The second-order valence-corrected chi connectivity index (χ2v) is 9.76. The lowest BCUT2D eigenvalue weighted by Gasteiger charge is -2.24. The molecule has 0 fully saturated rings. The van der Waals surface area contributed by atoms with Crippen LogP contribution in [0.5, 0.6) is 5.75 Å². The van der Waals surface area contributed by atoms with Crippen molar-refractivity contribution >= 4 is 43.2 Å². The molecular formula is C24H23BrN2O4S. The van der Waals surface area contributed by atoms with Gasteiger partial charge in [0.2, 0.25) is 5.91 Å². The van der Waals surface area contributed by atoms with Gasteiger partial charge < -0.3 is 10.1 Å². The zero-order valence-electron chi connectivity index (χ0n) is 17.5. The summed E-state index contributed by atoms with van der Waals surface area (Å²) < 4.78 is 34.1. The summed E-state index contributed by atoms with van der Waals surface area (Å²) in [6, 6.07) is 20.2. The summed E-state index contributed by atoms with van der Waals surface area (Å²) >= 11 is 3.37. The highest BCUT2D eigenvalue weighted by Gasteiger charge is 2.27. The molecule has 0 spiro atoms. The van der Waals surface area contributed by atoms with Crippen LogP contribution in [-0.2, 0) is 14.8 Å². The first-order valence-corrected chi connectivity index (χ1v) is 12.0. The van der Waals surface area contributed by atoms with Gasteiger partial charge in [0.15, 0.2) is 0 Å². The molecule has 0 bridgehead atoms. The molecule has 8 heteroatoms. The summed E-state index contributed by atoms with van der Waals surface area (Å²) in [5.74, 6) is 0.0837. The van der Waals surface area contributed by atoms with Crippen molar-refractivity contribution in [3.63, 3.8) is 0 Å². The number of carbonyl (C=O) groups excluding carboxylic acids is 1. The maximum atomic E-state index is 13.4. The number of amides is 1. The fourth-order valence-corrected chi connectivity index (χ4v) is 4.73. The third-order valence-corrected chi connectivity index (χ3v) is 6.76. The standard InChI is InChI=1S/C24H23BrN2O4S/c1-3-14-31-22-9-5-7-20(16-22)26-24(28)17-27(21-8-4-6-19(25)15-21)32(29,30)23-12-10-18(2)11-13-23/h3-13,15-16H,1,14,17H2,2H3,(H,26,28). The van der Waals surface area contributed by atoms with E-state index < -0.39 is 22.5 Å². The first-order valence-electron chi connectivity index (χ1n) is 9.78. The maximum absolute atomic E-state index is 13.4. The summed E-state index contributed by atoms with van der Waals surface area (Å²) in [6.07, 6.45) is 1.62. The number of ether oxygens (including phenoxy) is 1. The molecule has 32 heavy (non-hydrogen) atoms. The lowest BCUT2D eigenvalue weighted by molar-refractivity contribution is -0.114. The van der Waals surface area contributed by atoms with Gasteiger partial charge >= 0.3 is 0 Å². The van der Waals surface area contributed by atoms with Crippen LogP contribution in [-0.4, -0.2) is 27.5 Å².